The van der Waals surface area contributed by atoms with Crippen LogP contribution in [-0.2, 0) is 17.1 Å². The van der Waals surface area contributed by atoms with E-state index in [4.69, 9.17) is 0 Å². The summed E-state index contributed by atoms with van der Waals surface area (Å²) in [6.07, 6.45) is 2.04. The van der Waals surface area contributed by atoms with Crippen molar-refractivity contribution in [3.05, 3.63) is 30.1 Å². The van der Waals surface area contributed by atoms with E-state index in [1.165, 1.54) is 0 Å². The lowest BCUT2D eigenvalue weighted by molar-refractivity contribution is -0.123. The maximum absolute atomic E-state index is 12.2. The van der Waals surface area contributed by atoms with E-state index in [2.05, 4.69) is 10.3 Å². The van der Waals surface area contributed by atoms with Gasteiger partial charge in [0.15, 0.2) is 0 Å². The maximum Gasteiger partial charge on any atom is 0.240 e. The van der Waals surface area contributed by atoms with Crippen LogP contribution in [0.1, 0.15) is 26.6 Å². The molecular weight excluding hydrogens is 270 g/mol. The van der Waals surface area contributed by atoms with Gasteiger partial charge in [0, 0.05) is 5.54 Å². The molecule has 0 fully saturated rings. The molecule has 2 rings (SSSR count). The van der Waals surface area contributed by atoms with E-state index in [0.717, 1.165) is 22.6 Å². The van der Waals surface area contributed by atoms with Gasteiger partial charge in [0.2, 0.25) is 5.91 Å². The highest BCUT2D eigenvalue weighted by molar-refractivity contribution is 7.97. The molecule has 1 N–H and O–H groups in total. The number of carbonyl (C=O) groups excluding carboxylic acids is 1. The van der Waals surface area contributed by atoms with Crippen molar-refractivity contribution in [2.45, 2.75) is 38.6 Å². The number of benzene rings is 1. The largest absolute Gasteiger partial charge is 0.350 e. The molecule has 2 aromatic rings. The number of nitrogens with one attached hydrogen (secondary N) is 1. The SMILES string of the molecule is CSCc1nc2ccccc2n1CC(=O)NC(C)(C)C. The first-order valence-corrected chi connectivity index (χ1v) is 8.04. The number of thioether (sulfide) groups is 1. The van der Waals surface area contributed by atoms with Gasteiger partial charge in [-0.2, -0.15) is 11.8 Å². The second-order valence-corrected chi connectivity index (χ2v) is 6.70. The molecule has 0 spiro atoms. The summed E-state index contributed by atoms with van der Waals surface area (Å²) in [5.41, 5.74) is 1.74. The fraction of sp³-hybridized carbons (Fsp3) is 0.467. The lowest BCUT2D eigenvalue weighted by atomic mass is 10.1. The Morgan fingerprint density at radius 2 is 2.05 bits per heavy atom. The zero-order chi connectivity index (χ0) is 14.8. The molecular formula is C15H21N3OS. The highest BCUT2D eigenvalue weighted by atomic mass is 32.2. The van der Waals surface area contributed by atoms with Gasteiger partial charge in [-0.05, 0) is 39.2 Å². The second kappa shape index (κ2) is 5.87. The number of amides is 1. The van der Waals surface area contributed by atoms with Crippen molar-refractivity contribution in [2.75, 3.05) is 6.26 Å². The molecule has 0 radical (unpaired) electrons. The molecule has 0 saturated heterocycles. The topological polar surface area (TPSA) is 46.9 Å². The summed E-state index contributed by atoms with van der Waals surface area (Å²) in [5, 5.41) is 3.00. The molecule has 1 aromatic heterocycles. The molecule has 0 aliphatic rings. The standard InChI is InChI=1S/C15H21N3OS/c1-15(2,3)17-14(19)9-18-12-8-6-5-7-11(12)16-13(18)10-20-4/h5-8H,9-10H2,1-4H3,(H,17,19). The third kappa shape index (κ3) is 3.54. The van der Waals surface area contributed by atoms with Crippen molar-refractivity contribution >= 4 is 28.7 Å². The molecule has 1 amide bonds. The van der Waals surface area contributed by atoms with E-state index < -0.39 is 0 Å². The van der Waals surface area contributed by atoms with E-state index in [9.17, 15) is 4.79 Å². The fourth-order valence-corrected chi connectivity index (χ4v) is 2.62. The Bertz CT molecular complexity index is 613. The summed E-state index contributed by atoms with van der Waals surface area (Å²) in [4.78, 5) is 16.8. The molecule has 0 unspecified atom stereocenters. The average molecular weight is 291 g/mol. The molecule has 20 heavy (non-hydrogen) atoms. The van der Waals surface area contributed by atoms with Crippen molar-refractivity contribution in [1.82, 2.24) is 14.9 Å². The smallest absolute Gasteiger partial charge is 0.240 e. The van der Waals surface area contributed by atoms with Gasteiger partial charge >= 0.3 is 0 Å². The number of aromatic nitrogens is 2. The van der Waals surface area contributed by atoms with Crippen LogP contribution < -0.4 is 5.32 Å². The third-order valence-electron chi connectivity index (χ3n) is 2.82. The van der Waals surface area contributed by atoms with Crippen LogP contribution in [0.15, 0.2) is 24.3 Å². The highest BCUT2D eigenvalue weighted by Gasteiger charge is 2.17. The molecule has 108 valence electrons. The summed E-state index contributed by atoms with van der Waals surface area (Å²) in [7, 11) is 0. The minimum absolute atomic E-state index is 0.0167. The molecule has 5 heteroatoms. The predicted molar refractivity (Wildman–Crippen MR) is 84.8 cm³/mol. The van der Waals surface area contributed by atoms with Crippen LogP contribution in [0.25, 0.3) is 11.0 Å². The normalized spacial score (nSPS) is 11.8. The Morgan fingerprint density at radius 1 is 1.35 bits per heavy atom. The van der Waals surface area contributed by atoms with Gasteiger partial charge in [-0.3, -0.25) is 4.79 Å². The molecule has 4 nitrogen and oxygen atoms in total. The summed E-state index contributed by atoms with van der Waals surface area (Å²) in [5.74, 6) is 1.77. The zero-order valence-electron chi connectivity index (χ0n) is 12.4. The molecule has 0 saturated carbocycles. The Kier molecular flexibility index (Phi) is 4.38. The monoisotopic (exact) mass is 291 g/mol. The number of fused-ring (bicyclic) bond motifs is 1. The molecule has 0 atom stereocenters. The Labute approximate surface area is 124 Å². The number of carbonyl (C=O) groups is 1. The first-order valence-electron chi connectivity index (χ1n) is 6.65. The van der Waals surface area contributed by atoms with Gasteiger partial charge in [-0.25, -0.2) is 4.98 Å². The van der Waals surface area contributed by atoms with Gasteiger partial charge in [-0.15, -0.1) is 0 Å². The third-order valence-corrected chi connectivity index (χ3v) is 3.37. The summed E-state index contributed by atoms with van der Waals surface area (Å²) in [6.45, 7) is 6.27. The van der Waals surface area contributed by atoms with Gasteiger partial charge in [-0.1, -0.05) is 12.1 Å². The fourth-order valence-electron chi connectivity index (χ4n) is 2.14. The summed E-state index contributed by atoms with van der Waals surface area (Å²) in [6, 6.07) is 7.94. The van der Waals surface area contributed by atoms with E-state index in [1.807, 2.05) is 55.9 Å². The lowest BCUT2D eigenvalue weighted by Gasteiger charge is -2.21. The summed E-state index contributed by atoms with van der Waals surface area (Å²) >= 11 is 1.71. The van der Waals surface area contributed by atoms with Crippen LogP contribution in [0.4, 0.5) is 0 Å². The Balaban J connectivity index is 2.31. The predicted octanol–water partition coefficient (Wildman–Crippen LogP) is 2.81. The number of rotatable bonds is 4. The number of imidazole rings is 1. The quantitative estimate of drug-likeness (QED) is 0.942. The average Bonchev–Trinajstić information content (AvgIpc) is 2.66. The molecule has 0 aliphatic carbocycles. The lowest BCUT2D eigenvalue weighted by Crippen LogP contribution is -2.42. The van der Waals surface area contributed by atoms with Crippen LogP contribution in [0.3, 0.4) is 0 Å². The Hall–Kier alpha value is -1.49. The number of hydrogen-bond acceptors (Lipinski definition) is 3. The van der Waals surface area contributed by atoms with Gasteiger partial charge in [0.05, 0.1) is 16.8 Å². The van der Waals surface area contributed by atoms with E-state index in [1.54, 1.807) is 11.8 Å². The first-order chi connectivity index (χ1) is 9.40. The van der Waals surface area contributed by atoms with Gasteiger partial charge in [0.1, 0.15) is 12.4 Å². The van der Waals surface area contributed by atoms with E-state index >= 15 is 0 Å². The van der Waals surface area contributed by atoms with Crippen LogP contribution in [0, 0.1) is 0 Å². The molecule has 1 aromatic carbocycles. The Morgan fingerprint density at radius 3 is 2.70 bits per heavy atom. The van der Waals surface area contributed by atoms with E-state index in [0.29, 0.717) is 6.54 Å². The maximum atomic E-state index is 12.2. The minimum atomic E-state index is -0.215. The van der Waals surface area contributed by atoms with Gasteiger partial charge in [0.25, 0.3) is 0 Å². The molecule has 0 bridgehead atoms. The summed E-state index contributed by atoms with van der Waals surface area (Å²) < 4.78 is 2.01. The van der Waals surface area contributed by atoms with Crippen molar-refractivity contribution in [3.8, 4) is 0 Å². The number of para-hydroxylation sites is 2. The second-order valence-electron chi connectivity index (χ2n) is 5.83. The van der Waals surface area contributed by atoms with Crippen LogP contribution >= 0.6 is 11.8 Å². The van der Waals surface area contributed by atoms with Crippen molar-refractivity contribution in [2.24, 2.45) is 0 Å². The highest BCUT2D eigenvalue weighted by Crippen LogP contribution is 2.19. The number of hydrogen-bond donors (Lipinski definition) is 1. The van der Waals surface area contributed by atoms with Crippen LogP contribution in [0.2, 0.25) is 0 Å². The molecule has 0 aliphatic heterocycles. The first kappa shape index (κ1) is 14.9. The zero-order valence-corrected chi connectivity index (χ0v) is 13.3. The molecule has 1 heterocycles. The van der Waals surface area contributed by atoms with Crippen LogP contribution in [0.5, 0.6) is 0 Å². The van der Waals surface area contributed by atoms with Gasteiger partial charge < -0.3 is 9.88 Å². The minimum Gasteiger partial charge on any atom is -0.350 e. The van der Waals surface area contributed by atoms with Crippen molar-refractivity contribution in [1.29, 1.82) is 0 Å². The van der Waals surface area contributed by atoms with Crippen LogP contribution in [-0.4, -0.2) is 27.3 Å². The van der Waals surface area contributed by atoms with Crippen molar-refractivity contribution in [3.63, 3.8) is 0 Å². The van der Waals surface area contributed by atoms with Crippen molar-refractivity contribution < 1.29 is 4.79 Å². The van der Waals surface area contributed by atoms with E-state index in [-0.39, 0.29) is 11.4 Å². The number of nitrogens with zero attached hydrogens (tertiary/aromatic N) is 2.